The summed E-state index contributed by atoms with van der Waals surface area (Å²) in [6.07, 6.45) is 0.676. The Morgan fingerprint density at radius 2 is 1.97 bits per heavy atom. The molecule has 1 N–H and O–H groups in total. The van der Waals surface area contributed by atoms with E-state index in [1.54, 1.807) is 6.07 Å². The molecule has 0 saturated carbocycles. The van der Waals surface area contributed by atoms with Crippen LogP contribution in [0.5, 0.6) is 17.2 Å². The Labute approximate surface area is 224 Å². The summed E-state index contributed by atoms with van der Waals surface area (Å²) in [6.45, 7) is 3.49. The molecule has 13 nitrogen and oxygen atoms in total. The molecular formula is C25H28N4O9S. The zero-order valence-corrected chi connectivity index (χ0v) is 22.1. The van der Waals surface area contributed by atoms with E-state index in [4.69, 9.17) is 14.2 Å². The van der Waals surface area contributed by atoms with Gasteiger partial charge in [0.2, 0.25) is 12.7 Å². The van der Waals surface area contributed by atoms with E-state index < -0.39 is 57.5 Å². The van der Waals surface area contributed by atoms with Crippen molar-refractivity contribution < 1.29 is 41.7 Å². The molecule has 1 aromatic carbocycles. The summed E-state index contributed by atoms with van der Waals surface area (Å²) in [5.41, 5.74) is 0. The van der Waals surface area contributed by atoms with Gasteiger partial charge in [-0.05, 0) is 37.0 Å². The van der Waals surface area contributed by atoms with Gasteiger partial charge in [-0.25, -0.2) is 13.2 Å². The molecule has 14 heteroatoms. The lowest BCUT2D eigenvalue weighted by molar-refractivity contribution is -0.646. The van der Waals surface area contributed by atoms with Gasteiger partial charge in [0.15, 0.2) is 23.5 Å². The summed E-state index contributed by atoms with van der Waals surface area (Å²) in [5, 5.41) is 14.3. The number of aromatic nitrogens is 1. The highest BCUT2D eigenvalue weighted by molar-refractivity contribution is 7.89. The van der Waals surface area contributed by atoms with Crippen LogP contribution in [-0.2, 0) is 19.6 Å². The van der Waals surface area contributed by atoms with E-state index in [0.29, 0.717) is 11.5 Å². The largest absolute Gasteiger partial charge is 0.618 e. The molecule has 2 saturated heterocycles. The van der Waals surface area contributed by atoms with Gasteiger partial charge in [0.1, 0.15) is 17.8 Å². The number of fused-ring (bicyclic) bond motifs is 2. The number of sulfonamides is 1. The van der Waals surface area contributed by atoms with Crippen LogP contribution in [0.15, 0.2) is 47.6 Å². The molecule has 2 fully saturated rings. The van der Waals surface area contributed by atoms with Crippen molar-refractivity contribution in [1.82, 2.24) is 14.5 Å². The Bertz CT molecular complexity index is 1410. The zero-order valence-electron chi connectivity index (χ0n) is 21.3. The second kappa shape index (κ2) is 10.3. The number of likely N-dealkylation sites (tertiary alicyclic amines) is 1. The van der Waals surface area contributed by atoms with Gasteiger partial charge in [0.05, 0.1) is 12.6 Å². The summed E-state index contributed by atoms with van der Waals surface area (Å²) in [6, 6.07) is 5.78. The Kier molecular flexibility index (Phi) is 7.07. The minimum absolute atomic E-state index is 0.00456. The lowest BCUT2D eigenvalue weighted by Crippen LogP contribution is -2.53. The zero-order chi connectivity index (χ0) is 27.9. The van der Waals surface area contributed by atoms with E-state index in [9.17, 15) is 28.0 Å². The van der Waals surface area contributed by atoms with Gasteiger partial charge in [0, 0.05) is 24.7 Å². The summed E-state index contributed by atoms with van der Waals surface area (Å²) in [4.78, 5) is 40.7. The third-order valence-corrected chi connectivity index (χ3v) is 8.74. The van der Waals surface area contributed by atoms with E-state index in [-0.39, 0.29) is 42.6 Å². The maximum atomic E-state index is 13.6. The van der Waals surface area contributed by atoms with Gasteiger partial charge < -0.3 is 29.6 Å². The van der Waals surface area contributed by atoms with E-state index in [2.05, 4.69) is 5.32 Å². The van der Waals surface area contributed by atoms with Crippen LogP contribution in [0, 0.1) is 11.1 Å². The number of carbonyl (C=O) groups is 3. The van der Waals surface area contributed by atoms with Crippen molar-refractivity contribution in [2.75, 3.05) is 19.9 Å². The van der Waals surface area contributed by atoms with Crippen LogP contribution in [0.3, 0.4) is 0 Å². The molecule has 39 heavy (non-hydrogen) atoms. The predicted octanol–water partition coefficient (Wildman–Crippen LogP) is 0.795. The van der Waals surface area contributed by atoms with E-state index in [1.807, 2.05) is 13.8 Å². The average Bonchev–Trinajstić information content (AvgIpc) is 3.60. The summed E-state index contributed by atoms with van der Waals surface area (Å²) < 4.78 is 43.6. The molecule has 3 aliphatic heterocycles. The number of nitrogens with zero attached hydrogens (tertiary/aromatic N) is 3. The lowest BCUT2D eigenvalue weighted by Gasteiger charge is -2.28. The average molecular weight is 561 g/mol. The number of Topliss-reactive ketones (excluding diaryl/α,β-unsaturated/α-hetero) is 1. The van der Waals surface area contributed by atoms with Crippen molar-refractivity contribution in [2.24, 2.45) is 5.92 Å². The molecule has 4 heterocycles. The fourth-order valence-electron chi connectivity index (χ4n) is 5.19. The maximum absolute atomic E-state index is 13.6. The third-order valence-electron chi connectivity index (χ3n) is 6.87. The summed E-state index contributed by atoms with van der Waals surface area (Å²) in [7, 11) is -4.29. The maximum Gasteiger partial charge on any atom is 0.413 e. The lowest BCUT2D eigenvalue weighted by atomic mass is 10.0. The predicted molar refractivity (Wildman–Crippen MR) is 133 cm³/mol. The first-order valence-corrected chi connectivity index (χ1v) is 13.9. The Morgan fingerprint density at radius 3 is 2.72 bits per heavy atom. The van der Waals surface area contributed by atoms with E-state index >= 15 is 0 Å². The van der Waals surface area contributed by atoms with Crippen LogP contribution in [0.4, 0.5) is 4.79 Å². The van der Waals surface area contributed by atoms with Crippen molar-refractivity contribution in [1.29, 1.82) is 0 Å². The van der Waals surface area contributed by atoms with Crippen LogP contribution in [0.25, 0.3) is 0 Å². The minimum atomic E-state index is -4.29. The second-order valence-corrected chi connectivity index (χ2v) is 11.8. The van der Waals surface area contributed by atoms with Crippen LogP contribution >= 0.6 is 0 Å². The number of benzene rings is 1. The fraction of sp³-hybridized carbons (Fsp3) is 0.440. The number of hydrogen-bond acceptors (Lipinski definition) is 9. The van der Waals surface area contributed by atoms with Gasteiger partial charge in [-0.1, -0.05) is 13.8 Å². The number of nitrogens with one attached hydrogen (secondary N) is 1. The fourth-order valence-corrected chi connectivity index (χ4v) is 6.84. The SMILES string of the molecule is CC(C)CC(NC(=O)Oc1ccc2c(c1)OCO2)C(=O)N1CCC2C1C(=O)CN2S(=O)(=O)c1cccc[n+]1[O-]. The minimum Gasteiger partial charge on any atom is -0.618 e. The Hall–Kier alpha value is -3.91. The van der Waals surface area contributed by atoms with Crippen molar-refractivity contribution in [2.45, 2.75) is 49.8 Å². The molecule has 3 atom stereocenters. The van der Waals surface area contributed by atoms with Crippen LogP contribution in [0.2, 0.25) is 0 Å². The highest BCUT2D eigenvalue weighted by Gasteiger charge is 2.55. The molecule has 208 valence electrons. The number of amides is 2. The molecule has 3 aliphatic rings. The van der Waals surface area contributed by atoms with Crippen LogP contribution in [-0.4, -0.2) is 73.4 Å². The topological polar surface area (TPSA) is 158 Å². The monoisotopic (exact) mass is 560 g/mol. The van der Waals surface area contributed by atoms with Gasteiger partial charge in [0.25, 0.3) is 0 Å². The standard InChI is InChI=1S/C25H28N4O9S/c1-15(2)11-17(26-25(32)38-16-6-7-20-21(12-16)37-14-36-20)24(31)27-10-8-18-23(27)19(30)13-29(18)39(34,35)22-5-3-4-9-28(22)33/h3-7,9,12,15,17-18,23H,8,10-11,13-14H2,1-2H3,(H,26,32). The molecule has 0 spiro atoms. The molecule has 1 aromatic heterocycles. The molecule has 0 aliphatic carbocycles. The third kappa shape index (κ3) is 5.08. The number of carbonyl (C=O) groups excluding carboxylic acids is 3. The van der Waals surface area contributed by atoms with Crippen molar-refractivity contribution in [3.8, 4) is 17.2 Å². The first-order chi connectivity index (χ1) is 18.6. The highest BCUT2D eigenvalue weighted by atomic mass is 32.2. The molecule has 0 radical (unpaired) electrons. The second-order valence-electron chi connectivity index (χ2n) is 9.94. The number of rotatable bonds is 7. The molecule has 2 aromatic rings. The number of hydrogen-bond donors (Lipinski definition) is 1. The number of ether oxygens (including phenoxy) is 3. The van der Waals surface area contributed by atoms with Crippen LogP contribution < -0.4 is 24.3 Å². The quantitative estimate of drug-likeness (QED) is 0.382. The first kappa shape index (κ1) is 26.7. The molecular weight excluding hydrogens is 532 g/mol. The summed E-state index contributed by atoms with van der Waals surface area (Å²) in [5.74, 6) is 0.186. The van der Waals surface area contributed by atoms with E-state index in [1.165, 1.54) is 35.2 Å². The van der Waals surface area contributed by atoms with Crippen molar-refractivity contribution >= 4 is 27.8 Å². The first-order valence-electron chi connectivity index (χ1n) is 12.5. The number of pyridine rings is 1. The van der Waals surface area contributed by atoms with Crippen molar-refractivity contribution in [3.05, 3.63) is 47.8 Å². The molecule has 5 rings (SSSR count). The smallest absolute Gasteiger partial charge is 0.413 e. The van der Waals surface area contributed by atoms with Gasteiger partial charge in [-0.15, -0.1) is 0 Å². The van der Waals surface area contributed by atoms with Crippen LogP contribution in [0.1, 0.15) is 26.7 Å². The number of ketones is 1. The Balaban J connectivity index is 1.31. The highest BCUT2D eigenvalue weighted by Crippen LogP contribution is 2.36. The molecule has 0 bridgehead atoms. The van der Waals surface area contributed by atoms with Gasteiger partial charge in [-0.3, -0.25) is 9.59 Å². The van der Waals surface area contributed by atoms with Gasteiger partial charge in [-0.2, -0.15) is 9.04 Å². The molecule has 2 amide bonds. The Morgan fingerprint density at radius 1 is 1.21 bits per heavy atom. The molecule has 3 unspecified atom stereocenters. The normalized spacial score (nSPS) is 21.2. The summed E-state index contributed by atoms with van der Waals surface area (Å²) >= 11 is 0. The van der Waals surface area contributed by atoms with Gasteiger partial charge >= 0.3 is 21.1 Å². The van der Waals surface area contributed by atoms with Crippen molar-refractivity contribution in [3.63, 3.8) is 0 Å². The van der Waals surface area contributed by atoms with E-state index in [0.717, 1.165) is 10.5 Å².